The lowest BCUT2D eigenvalue weighted by Gasteiger charge is -2.10. The Morgan fingerprint density at radius 1 is 1.23 bits per heavy atom. The van der Waals surface area contributed by atoms with Gasteiger partial charge in [0, 0.05) is 17.1 Å². The first kappa shape index (κ1) is 20.0. The molecule has 0 aromatic heterocycles. The normalized spacial score (nSPS) is 9.88. The Labute approximate surface area is 166 Å². The van der Waals surface area contributed by atoms with Crippen molar-refractivity contribution in [3.05, 3.63) is 58.1 Å². The van der Waals surface area contributed by atoms with Crippen molar-refractivity contribution in [2.45, 2.75) is 12.8 Å². The van der Waals surface area contributed by atoms with Crippen molar-refractivity contribution >= 4 is 52.1 Å². The lowest BCUT2D eigenvalue weighted by Crippen LogP contribution is -2.34. The predicted molar refractivity (Wildman–Crippen MR) is 107 cm³/mol. The summed E-state index contributed by atoms with van der Waals surface area (Å²) in [7, 11) is 0. The van der Waals surface area contributed by atoms with E-state index in [2.05, 4.69) is 10.6 Å². The SMILES string of the molecule is N#Cc1cccc(NC(=S)NC(=O)CCCOc2ccc(Cl)cc2Cl)c1. The predicted octanol–water partition coefficient (Wildman–Crippen LogP) is 4.54. The summed E-state index contributed by atoms with van der Waals surface area (Å²) in [6.07, 6.45) is 0.739. The summed E-state index contributed by atoms with van der Waals surface area (Å²) in [4.78, 5) is 11.9. The van der Waals surface area contributed by atoms with Crippen LogP contribution in [0.1, 0.15) is 18.4 Å². The monoisotopic (exact) mass is 407 g/mol. The molecule has 1 amide bonds. The van der Waals surface area contributed by atoms with Crippen molar-refractivity contribution in [3.8, 4) is 11.8 Å². The number of ether oxygens (including phenoxy) is 1. The van der Waals surface area contributed by atoms with Crippen LogP contribution in [0.5, 0.6) is 5.75 Å². The van der Waals surface area contributed by atoms with Gasteiger partial charge in [-0.15, -0.1) is 0 Å². The molecule has 0 saturated heterocycles. The summed E-state index contributed by atoms with van der Waals surface area (Å²) in [5.41, 5.74) is 1.14. The van der Waals surface area contributed by atoms with Crippen molar-refractivity contribution in [2.75, 3.05) is 11.9 Å². The fraction of sp³-hybridized carbons (Fsp3) is 0.167. The molecule has 2 rings (SSSR count). The summed E-state index contributed by atoms with van der Waals surface area (Å²) in [5, 5.41) is 15.4. The third-order valence-electron chi connectivity index (χ3n) is 3.20. The third kappa shape index (κ3) is 6.52. The maximum Gasteiger partial charge on any atom is 0.226 e. The highest BCUT2D eigenvalue weighted by atomic mass is 35.5. The molecule has 0 saturated carbocycles. The molecule has 0 spiro atoms. The Bertz CT molecular complexity index is 853. The number of thiocarbonyl (C=S) groups is 1. The number of carbonyl (C=O) groups is 1. The number of anilines is 1. The molecule has 0 unspecified atom stereocenters. The second-order valence-electron chi connectivity index (χ2n) is 5.22. The van der Waals surface area contributed by atoms with Gasteiger partial charge in [-0.2, -0.15) is 5.26 Å². The smallest absolute Gasteiger partial charge is 0.226 e. The van der Waals surface area contributed by atoms with Gasteiger partial charge in [-0.05, 0) is 55.0 Å². The number of nitrogens with zero attached hydrogens (tertiary/aromatic N) is 1. The fourth-order valence-corrected chi connectivity index (χ4v) is 2.72. The van der Waals surface area contributed by atoms with E-state index >= 15 is 0 Å². The number of rotatable bonds is 6. The molecular weight excluding hydrogens is 393 g/mol. The van der Waals surface area contributed by atoms with Crippen molar-refractivity contribution < 1.29 is 9.53 Å². The third-order valence-corrected chi connectivity index (χ3v) is 3.94. The van der Waals surface area contributed by atoms with Crippen molar-refractivity contribution in [3.63, 3.8) is 0 Å². The van der Waals surface area contributed by atoms with Crippen LogP contribution in [-0.4, -0.2) is 17.6 Å². The van der Waals surface area contributed by atoms with Gasteiger partial charge in [-0.1, -0.05) is 29.3 Å². The molecule has 2 N–H and O–H groups in total. The molecule has 134 valence electrons. The van der Waals surface area contributed by atoms with E-state index in [1.807, 2.05) is 6.07 Å². The molecule has 2 aromatic carbocycles. The molecule has 8 heteroatoms. The van der Waals surface area contributed by atoms with Gasteiger partial charge in [-0.3, -0.25) is 4.79 Å². The highest BCUT2D eigenvalue weighted by Gasteiger charge is 2.07. The first-order valence-corrected chi connectivity index (χ1v) is 8.83. The number of halogens is 2. The lowest BCUT2D eigenvalue weighted by molar-refractivity contribution is -0.119. The number of hydrogen-bond acceptors (Lipinski definition) is 4. The zero-order chi connectivity index (χ0) is 18.9. The summed E-state index contributed by atoms with van der Waals surface area (Å²) in [6.45, 7) is 0.333. The largest absolute Gasteiger partial charge is 0.492 e. The minimum atomic E-state index is -0.232. The molecule has 26 heavy (non-hydrogen) atoms. The van der Waals surface area contributed by atoms with E-state index in [0.29, 0.717) is 40.1 Å². The van der Waals surface area contributed by atoms with Crippen LogP contribution in [0.25, 0.3) is 0 Å². The van der Waals surface area contributed by atoms with Crippen molar-refractivity contribution in [2.24, 2.45) is 0 Å². The van der Waals surface area contributed by atoms with E-state index in [0.717, 1.165) is 0 Å². The number of nitriles is 1. The lowest BCUT2D eigenvalue weighted by atomic mass is 10.2. The topological polar surface area (TPSA) is 74.2 Å². The highest BCUT2D eigenvalue weighted by Crippen LogP contribution is 2.27. The van der Waals surface area contributed by atoms with E-state index in [9.17, 15) is 4.79 Å². The number of carbonyl (C=O) groups excluding carboxylic acids is 1. The molecule has 0 fully saturated rings. The molecule has 2 aromatic rings. The Hall–Kier alpha value is -2.33. The minimum absolute atomic E-state index is 0.173. The summed E-state index contributed by atoms with van der Waals surface area (Å²) in [6, 6.07) is 13.8. The van der Waals surface area contributed by atoms with Crippen LogP contribution < -0.4 is 15.4 Å². The van der Waals surface area contributed by atoms with E-state index in [1.165, 1.54) is 0 Å². The van der Waals surface area contributed by atoms with Gasteiger partial charge in [0.05, 0.1) is 23.3 Å². The van der Waals surface area contributed by atoms with Gasteiger partial charge in [0.25, 0.3) is 0 Å². The van der Waals surface area contributed by atoms with Crippen LogP contribution in [0.3, 0.4) is 0 Å². The zero-order valence-electron chi connectivity index (χ0n) is 13.6. The number of hydrogen-bond donors (Lipinski definition) is 2. The minimum Gasteiger partial charge on any atom is -0.492 e. The average molecular weight is 408 g/mol. The number of amides is 1. The van der Waals surface area contributed by atoms with Crippen molar-refractivity contribution in [1.29, 1.82) is 5.26 Å². The van der Waals surface area contributed by atoms with Gasteiger partial charge in [0.1, 0.15) is 5.75 Å². The molecule has 0 atom stereocenters. The average Bonchev–Trinajstić information content (AvgIpc) is 2.60. The van der Waals surface area contributed by atoms with E-state index < -0.39 is 0 Å². The summed E-state index contributed by atoms with van der Waals surface area (Å²) in [5.74, 6) is 0.288. The number of benzene rings is 2. The molecule has 0 aliphatic heterocycles. The molecule has 0 aliphatic carbocycles. The Kier molecular flexibility index (Phi) is 7.67. The van der Waals surface area contributed by atoms with E-state index in [4.69, 9.17) is 45.4 Å². The molecule has 0 heterocycles. The van der Waals surface area contributed by atoms with Crippen LogP contribution in [0.4, 0.5) is 5.69 Å². The van der Waals surface area contributed by atoms with Crippen LogP contribution in [-0.2, 0) is 4.79 Å². The molecule has 0 radical (unpaired) electrons. The second-order valence-corrected chi connectivity index (χ2v) is 6.47. The standard InChI is InChI=1S/C18H15Cl2N3O2S/c19-13-6-7-16(15(20)10-13)25-8-2-5-17(24)23-18(26)22-14-4-1-3-12(9-14)11-21/h1,3-4,6-7,9-10H,2,5,8H2,(H2,22,23,24,26). The fourth-order valence-electron chi connectivity index (χ4n) is 2.03. The maximum absolute atomic E-state index is 11.9. The zero-order valence-corrected chi connectivity index (χ0v) is 15.9. The van der Waals surface area contributed by atoms with Gasteiger partial charge in [0.15, 0.2) is 5.11 Å². The van der Waals surface area contributed by atoms with Gasteiger partial charge in [0.2, 0.25) is 5.91 Å². The van der Waals surface area contributed by atoms with Crippen LogP contribution in [0, 0.1) is 11.3 Å². The van der Waals surface area contributed by atoms with Crippen molar-refractivity contribution in [1.82, 2.24) is 5.32 Å². The summed E-state index contributed by atoms with van der Waals surface area (Å²) >= 11 is 16.9. The highest BCUT2D eigenvalue weighted by molar-refractivity contribution is 7.80. The maximum atomic E-state index is 11.9. The Morgan fingerprint density at radius 3 is 2.77 bits per heavy atom. The molecule has 5 nitrogen and oxygen atoms in total. The van der Waals surface area contributed by atoms with Gasteiger partial charge in [-0.25, -0.2) is 0 Å². The molecule has 0 aliphatic rings. The Balaban J connectivity index is 1.71. The first-order chi connectivity index (χ1) is 12.5. The second kappa shape index (κ2) is 9.97. The number of nitrogens with one attached hydrogen (secondary N) is 2. The van der Waals surface area contributed by atoms with E-state index in [-0.39, 0.29) is 17.4 Å². The quantitative estimate of drug-likeness (QED) is 0.543. The van der Waals surface area contributed by atoms with Gasteiger partial charge < -0.3 is 15.4 Å². The first-order valence-electron chi connectivity index (χ1n) is 7.67. The van der Waals surface area contributed by atoms with Gasteiger partial charge >= 0.3 is 0 Å². The Morgan fingerprint density at radius 2 is 2.04 bits per heavy atom. The molecule has 0 bridgehead atoms. The summed E-state index contributed by atoms with van der Waals surface area (Å²) < 4.78 is 5.52. The van der Waals surface area contributed by atoms with E-state index in [1.54, 1.807) is 42.5 Å². The molecular formula is C18H15Cl2N3O2S. The van der Waals surface area contributed by atoms with Crippen LogP contribution in [0.2, 0.25) is 10.0 Å². The van der Waals surface area contributed by atoms with Crippen LogP contribution >= 0.6 is 35.4 Å². The van der Waals surface area contributed by atoms with Crippen LogP contribution in [0.15, 0.2) is 42.5 Å².